The Bertz CT molecular complexity index is 1010. The first kappa shape index (κ1) is 17.9. The molecular formula is C17H15N7O3. The van der Waals surface area contributed by atoms with Gasteiger partial charge >= 0.3 is 6.03 Å². The van der Waals surface area contributed by atoms with Crippen molar-refractivity contribution < 1.29 is 9.72 Å². The highest BCUT2D eigenvalue weighted by atomic mass is 16.6. The zero-order chi connectivity index (χ0) is 19.4. The number of nitrogens with zero attached hydrogens (tertiary/aromatic N) is 5. The summed E-state index contributed by atoms with van der Waals surface area (Å²) in [5.41, 5.74) is 1.50. The van der Waals surface area contributed by atoms with Crippen molar-refractivity contribution in [2.75, 3.05) is 10.6 Å². The number of aryl methyl sites for hydroxylation is 2. The Labute approximate surface area is 153 Å². The summed E-state index contributed by atoms with van der Waals surface area (Å²) in [5, 5.41) is 15.9. The van der Waals surface area contributed by atoms with Crippen LogP contribution in [-0.2, 0) is 0 Å². The highest BCUT2D eigenvalue weighted by Gasteiger charge is 2.13. The summed E-state index contributed by atoms with van der Waals surface area (Å²) in [5.74, 6) is 0.831. The third-order valence-corrected chi connectivity index (χ3v) is 3.54. The van der Waals surface area contributed by atoms with Crippen molar-refractivity contribution >= 4 is 23.4 Å². The van der Waals surface area contributed by atoms with E-state index in [1.807, 2.05) is 0 Å². The van der Waals surface area contributed by atoms with Crippen LogP contribution in [-0.4, -0.2) is 30.9 Å². The summed E-state index contributed by atoms with van der Waals surface area (Å²) in [4.78, 5) is 39.2. The first-order valence-corrected chi connectivity index (χ1v) is 7.89. The second kappa shape index (κ2) is 7.52. The Hall–Kier alpha value is -3.95. The van der Waals surface area contributed by atoms with Gasteiger partial charge in [-0.25, -0.2) is 9.78 Å². The van der Waals surface area contributed by atoms with Crippen molar-refractivity contribution in [2.24, 2.45) is 0 Å². The maximum absolute atomic E-state index is 12.2. The number of nitro benzene ring substituents is 1. The predicted molar refractivity (Wildman–Crippen MR) is 98.3 cm³/mol. The molecule has 2 N–H and O–H groups in total. The fourth-order valence-electron chi connectivity index (χ4n) is 2.30. The molecule has 0 fully saturated rings. The maximum Gasteiger partial charge on any atom is 0.326 e. The van der Waals surface area contributed by atoms with Gasteiger partial charge < -0.3 is 5.32 Å². The quantitative estimate of drug-likeness (QED) is 0.535. The molecule has 136 valence electrons. The first-order chi connectivity index (χ1) is 12.9. The number of rotatable bonds is 4. The molecule has 0 aliphatic rings. The fourth-order valence-corrected chi connectivity index (χ4v) is 2.30. The number of pyridine rings is 1. The smallest absolute Gasteiger partial charge is 0.307 e. The number of amides is 2. The van der Waals surface area contributed by atoms with E-state index in [0.29, 0.717) is 28.6 Å². The minimum Gasteiger partial charge on any atom is -0.307 e. The number of carbonyl (C=O) groups excluding carboxylic acids is 1. The van der Waals surface area contributed by atoms with Gasteiger partial charge in [0.1, 0.15) is 11.5 Å². The molecule has 10 heteroatoms. The Morgan fingerprint density at radius 2 is 1.89 bits per heavy atom. The second-order valence-electron chi connectivity index (χ2n) is 5.58. The molecule has 0 aliphatic heterocycles. The van der Waals surface area contributed by atoms with Crippen LogP contribution in [0.25, 0.3) is 11.5 Å². The lowest BCUT2D eigenvalue weighted by molar-refractivity contribution is -0.384. The molecule has 0 bridgehead atoms. The topological polar surface area (TPSA) is 136 Å². The summed E-state index contributed by atoms with van der Waals surface area (Å²) >= 11 is 0. The van der Waals surface area contributed by atoms with Gasteiger partial charge in [-0.15, -0.1) is 0 Å². The molecule has 0 saturated heterocycles. The molecule has 1 aromatic carbocycles. The first-order valence-electron chi connectivity index (χ1n) is 7.89. The van der Waals surface area contributed by atoms with Crippen molar-refractivity contribution in [3.63, 3.8) is 0 Å². The zero-order valence-corrected chi connectivity index (χ0v) is 14.5. The van der Waals surface area contributed by atoms with Gasteiger partial charge in [0, 0.05) is 24.0 Å². The highest BCUT2D eigenvalue weighted by molar-refractivity contribution is 5.99. The summed E-state index contributed by atoms with van der Waals surface area (Å²) in [6, 6.07) is 8.90. The van der Waals surface area contributed by atoms with E-state index >= 15 is 0 Å². The van der Waals surface area contributed by atoms with Crippen LogP contribution >= 0.6 is 0 Å². The van der Waals surface area contributed by atoms with Crippen LogP contribution in [0.1, 0.15) is 11.4 Å². The molecule has 0 atom stereocenters. The van der Waals surface area contributed by atoms with Gasteiger partial charge in [0.25, 0.3) is 5.69 Å². The van der Waals surface area contributed by atoms with Crippen LogP contribution in [0, 0.1) is 24.0 Å². The summed E-state index contributed by atoms with van der Waals surface area (Å²) in [7, 11) is 0. The van der Waals surface area contributed by atoms with Gasteiger partial charge in [-0.05, 0) is 37.6 Å². The van der Waals surface area contributed by atoms with Gasteiger partial charge in [-0.3, -0.25) is 20.4 Å². The summed E-state index contributed by atoms with van der Waals surface area (Å²) in [6.07, 6.45) is 1.62. The number of nitrogens with one attached hydrogen (secondary N) is 2. The summed E-state index contributed by atoms with van der Waals surface area (Å²) in [6.45, 7) is 3.34. The van der Waals surface area contributed by atoms with Crippen LogP contribution in [0.4, 0.5) is 22.1 Å². The van der Waals surface area contributed by atoms with Gasteiger partial charge in [-0.1, -0.05) is 6.07 Å². The molecule has 3 rings (SSSR count). The SMILES string of the molecule is Cc1nc(NC(=O)Nc2ccc([N+](=O)[O-])cc2C)nc(-c2ccccn2)n1. The van der Waals surface area contributed by atoms with Crippen LogP contribution in [0.5, 0.6) is 0 Å². The van der Waals surface area contributed by atoms with E-state index in [1.54, 1.807) is 38.2 Å². The van der Waals surface area contributed by atoms with E-state index in [4.69, 9.17) is 0 Å². The van der Waals surface area contributed by atoms with Crippen molar-refractivity contribution in [3.8, 4) is 11.5 Å². The van der Waals surface area contributed by atoms with Crippen LogP contribution in [0.2, 0.25) is 0 Å². The van der Waals surface area contributed by atoms with Crippen LogP contribution in [0.15, 0.2) is 42.6 Å². The lowest BCUT2D eigenvalue weighted by Crippen LogP contribution is -2.22. The average Bonchev–Trinajstić information content (AvgIpc) is 2.63. The van der Waals surface area contributed by atoms with E-state index < -0.39 is 11.0 Å². The number of hydrogen-bond donors (Lipinski definition) is 2. The monoisotopic (exact) mass is 365 g/mol. The molecule has 10 nitrogen and oxygen atoms in total. The van der Waals surface area contributed by atoms with E-state index in [9.17, 15) is 14.9 Å². The van der Waals surface area contributed by atoms with Crippen LogP contribution < -0.4 is 10.6 Å². The average molecular weight is 365 g/mol. The second-order valence-corrected chi connectivity index (χ2v) is 5.58. The molecule has 27 heavy (non-hydrogen) atoms. The maximum atomic E-state index is 12.2. The van der Waals surface area contributed by atoms with E-state index in [0.717, 1.165) is 0 Å². The van der Waals surface area contributed by atoms with E-state index in [1.165, 1.54) is 18.2 Å². The minimum absolute atomic E-state index is 0.0495. The van der Waals surface area contributed by atoms with Crippen molar-refractivity contribution in [1.82, 2.24) is 19.9 Å². The lowest BCUT2D eigenvalue weighted by atomic mass is 10.2. The highest BCUT2D eigenvalue weighted by Crippen LogP contribution is 2.21. The molecule has 2 amide bonds. The summed E-state index contributed by atoms with van der Waals surface area (Å²) < 4.78 is 0. The van der Waals surface area contributed by atoms with E-state index in [2.05, 4.69) is 30.6 Å². The fraction of sp³-hybridized carbons (Fsp3) is 0.118. The number of aromatic nitrogens is 4. The van der Waals surface area contributed by atoms with Gasteiger partial charge in [0.2, 0.25) is 5.95 Å². The normalized spacial score (nSPS) is 10.3. The van der Waals surface area contributed by atoms with Crippen LogP contribution in [0.3, 0.4) is 0 Å². The van der Waals surface area contributed by atoms with Crippen molar-refractivity contribution in [1.29, 1.82) is 0 Å². The van der Waals surface area contributed by atoms with Gasteiger partial charge in [0.05, 0.1) is 4.92 Å². The molecule has 0 unspecified atom stereocenters. The number of nitro groups is 1. The van der Waals surface area contributed by atoms with Gasteiger partial charge in [-0.2, -0.15) is 9.97 Å². The number of carbonyl (C=O) groups is 1. The van der Waals surface area contributed by atoms with E-state index in [-0.39, 0.29) is 11.6 Å². The number of hydrogen-bond acceptors (Lipinski definition) is 7. The third-order valence-electron chi connectivity index (χ3n) is 3.54. The molecule has 2 heterocycles. The molecule has 0 spiro atoms. The Morgan fingerprint density at radius 3 is 2.56 bits per heavy atom. The molecule has 0 saturated carbocycles. The Kier molecular flexibility index (Phi) is 4.97. The Morgan fingerprint density at radius 1 is 1.07 bits per heavy atom. The lowest BCUT2D eigenvalue weighted by Gasteiger charge is -2.10. The minimum atomic E-state index is -0.579. The number of urea groups is 1. The number of anilines is 2. The number of non-ortho nitro benzene ring substituents is 1. The molecule has 0 radical (unpaired) electrons. The molecular weight excluding hydrogens is 350 g/mol. The standard InChI is InChI=1S/C17H15N7O3/c1-10-9-12(24(26)27)6-7-13(10)21-17(25)23-16-20-11(2)19-15(22-16)14-5-3-4-8-18-14/h3-9H,1-2H3,(H2,19,20,21,22,23,25). The predicted octanol–water partition coefficient (Wildman–Crippen LogP) is 3.10. The largest absolute Gasteiger partial charge is 0.326 e. The van der Waals surface area contributed by atoms with Gasteiger partial charge in [0.15, 0.2) is 5.82 Å². The zero-order valence-electron chi connectivity index (χ0n) is 14.5. The van der Waals surface area contributed by atoms with Crippen molar-refractivity contribution in [2.45, 2.75) is 13.8 Å². The third kappa shape index (κ3) is 4.37. The number of benzene rings is 1. The van der Waals surface area contributed by atoms with Crippen molar-refractivity contribution in [3.05, 3.63) is 64.1 Å². The Balaban J connectivity index is 1.77. The molecule has 3 aromatic rings. The molecule has 0 aliphatic carbocycles. The molecule has 2 aromatic heterocycles.